The lowest BCUT2D eigenvalue weighted by Crippen LogP contribution is -2.07. The van der Waals surface area contributed by atoms with Crippen LogP contribution in [0.3, 0.4) is 0 Å². The molecule has 0 bridgehead atoms. The maximum absolute atomic E-state index is 11.1. The van der Waals surface area contributed by atoms with E-state index >= 15 is 0 Å². The fourth-order valence-electron chi connectivity index (χ4n) is 1.71. The molecule has 98 valence electrons. The summed E-state index contributed by atoms with van der Waals surface area (Å²) in [4.78, 5) is 11.1. The first-order valence-corrected chi connectivity index (χ1v) is 5.97. The Morgan fingerprint density at radius 1 is 1.11 bits per heavy atom. The van der Waals surface area contributed by atoms with E-state index in [1.54, 1.807) is 18.2 Å². The van der Waals surface area contributed by atoms with Gasteiger partial charge in [0.2, 0.25) is 5.91 Å². The first kappa shape index (κ1) is 13.0. The first-order chi connectivity index (χ1) is 9.08. The van der Waals surface area contributed by atoms with E-state index in [2.05, 4.69) is 5.32 Å². The van der Waals surface area contributed by atoms with Gasteiger partial charge in [0.25, 0.3) is 0 Å². The van der Waals surface area contributed by atoms with Gasteiger partial charge in [0.15, 0.2) is 11.5 Å². The number of hydrogen-bond donors (Lipinski definition) is 2. The molecule has 0 heterocycles. The summed E-state index contributed by atoms with van der Waals surface area (Å²) in [5.41, 5.74) is 8.14. The molecule has 4 heteroatoms. The molecule has 0 saturated carbocycles. The fourth-order valence-corrected chi connectivity index (χ4v) is 1.71. The Labute approximate surface area is 112 Å². The molecule has 0 fully saturated rings. The lowest BCUT2D eigenvalue weighted by atomic mass is 10.2. The molecule has 0 aliphatic heterocycles. The number of amides is 1. The minimum atomic E-state index is -0.145. The van der Waals surface area contributed by atoms with Crippen LogP contribution >= 0.6 is 0 Å². The number of benzene rings is 2. The van der Waals surface area contributed by atoms with E-state index in [0.717, 1.165) is 5.56 Å². The summed E-state index contributed by atoms with van der Waals surface area (Å²) in [5, 5.41) is 2.72. The summed E-state index contributed by atoms with van der Waals surface area (Å²) in [6.07, 6.45) is 0. The number of rotatable bonds is 3. The minimum Gasteiger partial charge on any atom is -0.453 e. The summed E-state index contributed by atoms with van der Waals surface area (Å²) in [5.74, 6) is 1.00. The predicted molar refractivity (Wildman–Crippen MR) is 76.4 cm³/mol. The second-order valence-electron chi connectivity index (χ2n) is 4.27. The molecule has 2 rings (SSSR count). The van der Waals surface area contributed by atoms with Gasteiger partial charge in [0, 0.05) is 6.92 Å². The second kappa shape index (κ2) is 5.44. The maximum Gasteiger partial charge on any atom is 0.221 e. The number of hydrogen-bond acceptors (Lipinski definition) is 3. The average Bonchev–Trinajstić information content (AvgIpc) is 2.36. The Kier molecular flexibility index (Phi) is 3.71. The molecule has 3 N–H and O–H groups in total. The highest BCUT2D eigenvalue weighted by molar-refractivity contribution is 5.90. The summed E-state index contributed by atoms with van der Waals surface area (Å²) >= 11 is 0. The zero-order valence-corrected chi connectivity index (χ0v) is 10.9. The number of carbonyl (C=O) groups excluding carboxylic acids is 1. The number of nitrogens with one attached hydrogen (secondary N) is 1. The van der Waals surface area contributed by atoms with Crippen LogP contribution < -0.4 is 15.8 Å². The largest absolute Gasteiger partial charge is 0.453 e. The number of ether oxygens (including phenoxy) is 1. The lowest BCUT2D eigenvalue weighted by molar-refractivity contribution is -0.114. The molecular formula is C15H16N2O2. The lowest BCUT2D eigenvalue weighted by Gasteiger charge is -2.13. The Bertz CT molecular complexity index is 609. The Morgan fingerprint density at radius 3 is 2.53 bits per heavy atom. The molecule has 1 amide bonds. The van der Waals surface area contributed by atoms with E-state index in [1.165, 1.54) is 6.92 Å². The third-order valence-corrected chi connectivity index (χ3v) is 2.70. The predicted octanol–water partition coefficient (Wildman–Crippen LogP) is 3.33. The van der Waals surface area contributed by atoms with Crippen molar-refractivity contribution in [3.05, 3.63) is 48.0 Å². The van der Waals surface area contributed by atoms with Gasteiger partial charge in [-0.15, -0.1) is 0 Å². The van der Waals surface area contributed by atoms with Crippen LogP contribution in [0.15, 0.2) is 42.5 Å². The van der Waals surface area contributed by atoms with Gasteiger partial charge in [-0.1, -0.05) is 24.3 Å². The van der Waals surface area contributed by atoms with Gasteiger partial charge < -0.3 is 15.8 Å². The quantitative estimate of drug-likeness (QED) is 0.828. The van der Waals surface area contributed by atoms with Gasteiger partial charge in [-0.2, -0.15) is 0 Å². The smallest absolute Gasteiger partial charge is 0.221 e. The van der Waals surface area contributed by atoms with Crippen molar-refractivity contribution in [3.8, 4) is 11.5 Å². The molecule has 0 spiro atoms. The SMILES string of the molecule is CC(=O)Nc1ccccc1Oc1cccc(C)c1N. The highest BCUT2D eigenvalue weighted by Crippen LogP contribution is 2.33. The second-order valence-corrected chi connectivity index (χ2v) is 4.27. The summed E-state index contributed by atoms with van der Waals surface area (Å²) < 4.78 is 5.78. The molecule has 2 aromatic rings. The molecular weight excluding hydrogens is 240 g/mol. The first-order valence-electron chi connectivity index (χ1n) is 5.97. The van der Waals surface area contributed by atoms with Crippen LogP contribution in [0, 0.1) is 6.92 Å². The van der Waals surface area contributed by atoms with Gasteiger partial charge in [0.05, 0.1) is 11.4 Å². The number of carbonyl (C=O) groups is 1. The van der Waals surface area contributed by atoms with Crippen molar-refractivity contribution in [2.24, 2.45) is 0 Å². The molecule has 2 aromatic carbocycles. The van der Waals surface area contributed by atoms with Gasteiger partial charge in [-0.25, -0.2) is 0 Å². The van der Waals surface area contributed by atoms with Gasteiger partial charge in [0.1, 0.15) is 0 Å². The molecule has 19 heavy (non-hydrogen) atoms. The van der Waals surface area contributed by atoms with Crippen molar-refractivity contribution in [2.45, 2.75) is 13.8 Å². The van der Waals surface area contributed by atoms with E-state index in [1.807, 2.05) is 31.2 Å². The van der Waals surface area contributed by atoms with Gasteiger partial charge >= 0.3 is 0 Å². The van der Waals surface area contributed by atoms with Crippen LogP contribution in [-0.2, 0) is 4.79 Å². The highest BCUT2D eigenvalue weighted by Gasteiger charge is 2.08. The molecule has 4 nitrogen and oxygen atoms in total. The van der Waals surface area contributed by atoms with Crippen LogP contribution in [0.25, 0.3) is 0 Å². The van der Waals surface area contributed by atoms with Crippen molar-refractivity contribution < 1.29 is 9.53 Å². The number of nitrogen functional groups attached to an aromatic ring is 1. The van der Waals surface area contributed by atoms with E-state index in [0.29, 0.717) is 22.9 Å². The third kappa shape index (κ3) is 3.04. The molecule has 0 aliphatic rings. The Hall–Kier alpha value is -2.49. The molecule has 0 atom stereocenters. The van der Waals surface area contributed by atoms with Crippen molar-refractivity contribution >= 4 is 17.3 Å². The Balaban J connectivity index is 2.33. The van der Waals surface area contributed by atoms with Crippen molar-refractivity contribution in [1.29, 1.82) is 0 Å². The number of nitrogens with two attached hydrogens (primary N) is 1. The van der Waals surface area contributed by atoms with Gasteiger partial charge in [-0.3, -0.25) is 4.79 Å². The van der Waals surface area contributed by atoms with Crippen molar-refractivity contribution in [3.63, 3.8) is 0 Å². The van der Waals surface area contributed by atoms with E-state index in [9.17, 15) is 4.79 Å². The normalized spacial score (nSPS) is 10.0. The van der Waals surface area contributed by atoms with Crippen LogP contribution in [-0.4, -0.2) is 5.91 Å². The van der Waals surface area contributed by atoms with E-state index in [4.69, 9.17) is 10.5 Å². The van der Waals surface area contributed by atoms with Crippen molar-refractivity contribution in [2.75, 3.05) is 11.1 Å². The van der Waals surface area contributed by atoms with Crippen LogP contribution in [0.1, 0.15) is 12.5 Å². The van der Waals surface area contributed by atoms with E-state index < -0.39 is 0 Å². The molecule has 0 aliphatic carbocycles. The maximum atomic E-state index is 11.1. The molecule has 0 aromatic heterocycles. The topological polar surface area (TPSA) is 64.3 Å². The molecule has 0 saturated heterocycles. The zero-order valence-electron chi connectivity index (χ0n) is 10.9. The summed E-state index contributed by atoms with van der Waals surface area (Å²) in [6, 6.07) is 12.8. The average molecular weight is 256 g/mol. The van der Waals surface area contributed by atoms with Crippen molar-refractivity contribution in [1.82, 2.24) is 0 Å². The van der Waals surface area contributed by atoms with Crippen LogP contribution in [0.4, 0.5) is 11.4 Å². The van der Waals surface area contributed by atoms with Gasteiger partial charge in [-0.05, 0) is 30.7 Å². The van der Waals surface area contributed by atoms with E-state index in [-0.39, 0.29) is 5.91 Å². The fraction of sp³-hybridized carbons (Fsp3) is 0.133. The summed E-state index contributed by atoms with van der Waals surface area (Å²) in [7, 11) is 0. The van der Waals surface area contributed by atoms with Crippen LogP contribution in [0.5, 0.6) is 11.5 Å². The van der Waals surface area contributed by atoms with Crippen LogP contribution in [0.2, 0.25) is 0 Å². The standard InChI is InChI=1S/C15H16N2O2/c1-10-6-5-9-14(15(10)16)19-13-8-4-3-7-12(13)17-11(2)18/h3-9H,16H2,1-2H3,(H,17,18). The molecule has 0 radical (unpaired) electrons. The number of aryl methyl sites for hydroxylation is 1. The minimum absolute atomic E-state index is 0.145. The monoisotopic (exact) mass is 256 g/mol. The zero-order chi connectivity index (χ0) is 13.8. The Morgan fingerprint density at radius 2 is 1.79 bits per heavy atom. The molecule has 0 unspecified atom stereocenters. The number of para-hydroxylation sites is 3. The highest BCUT2D eigenvalue weighted by atomic mass is 16.5. The number of anilines is 2. The summed E-state index contributed by atoms with van der Waals surface area (Å²) in [6.45, 7) is 3.37. The third-order valence-electron chi connectivity index (χ3n) is 2.70.